The van der Waals surface area contributed by atoms with Gasteiger partial charge in [0, 0.05) is 6.04 Å². The maximum absolute atomic E-state index is 3.45. The molecule has 0 aliphatic heterocycles. The van der Waals surface area contributed by atoms with E-state index >= 15 is 0 Å². The summed E-state index contributed by atoms with van der Waals surface area (Å²) in [6.07, 6.45) is 2.68. The first-order valence-electron chi connectivity index (χ1n) is 5.25. The van der Waals surface area contributed by atoms with E-state index in [4.69, 9.17) is 0 Å². The smallest absolute Gasteiger partial charge is 0.00103 e. The van der Waals surface area contributed by atoms with Crippen molar-refractivity contribution in [1.82, 2.24) is 5.32 Å². The van der Waals surface area contributed by atoms with Gasteiger partial charge in [0.1, 0.15) is 0 Å². The number of nitrogens with one attached hydrogen (secondary N) is 1. The molecule has 74 valence electrons. The standard InChI is InChI=1S/C11H25N/c1-9(2)8-11(5)6-7-12-10(3)4/h9-12H,6-8H2,1-5H3/t11-/m1/s1. The van der Waals surface area contributed by atoms with Crippen molar-refractivity contribution in [1.29, 1.82) is 0 Å². The van der Waals surface area contributed by atoms with Gasteiger partial charge in [-0.25, -0.2) is 0 Å². The van der Waals surface area contributed by atoms with Gasteiger partial charge in [-0.3, -0.25) is 0 Å². The molecule has 1 atom stereocenters. The van der Waals surface area contributed by atoms with Crippen molar-refractivity contribution < 1.29 is 0 Å². The fraction of sp³-hybridized carbons (Fsp3) is 1.00. The molecule has 0 spiro atoms. The first-order valence-corrected chi connectivity index (χ1v) is 5.25. The Hall–Kier alpha value is -0.0400. The summed E-state index contributed by atoms with van der Waals surface area (Å²) in [5, 5.41) is 3.45. The van der Waals surface area contributed by atoms with Gasteiger partial charge in [0.2, 0.25) is 0 Å². The van der Waals surface area contributed by atoms with Gasteiger partial charge in [0.25, 0.3) is 0 Å². The Morgan fingerprint density at radius 1 is 1.00 bits per heavy atom. The van der Waals surface area contributed by atoms with Crippen molar-refractivity contribution >= 4 is 0 Å². The molecular formula is C11H25N. The Bertz CT molecular complexity index is 97.2. The van der Waals surface area contributed by atoms with Crippen molar-refractivity contribution in [2.24, 2.45) is 11.8 Å². The Labute approximate surface area is 77.9 Å². The third-order valence-electron chi connectivity index (χ3n) is 2.06. The molecule has 0 bridgehead atoms. The molecule has 0 fully saturated rings. The second-order valence-corrected chi connectivity index (χ2v) is 4.63. The quantitative estimate of drug-likeness (QED) is 0.647. The van der Waals surface area contributed by atoms with Crippen LogP contribution < -0.4 is 5.32 Å². The molecule has 0 heterocycles. The van der Waals surface area contributed by atoms with Crippen LogP contribution in [0.15, 0.2) is 0 Å². The molecule has 0 aromatic carbocycles. The van der Waals surface area contributed by atoms with Crippen LogP contribution >= 0.6 is 0 Å². The van der Waals surface area contributed by atoms with Crippen LogP contribution in [0.2, 0.25) is 0 Å². The first-order chi connectivity index (χ1) is 5.52. The van der Waals surface area contributed by atoms with E-state index in [0.717, 1.165) is 11.8 Å². The summed E-state index contributed by atoms with van der Waals surface area (Å²) in [4.78, 5) is 0. The highest BCUT2D eigenvalue weighted by Crippen LogP contribution is 2.13. The average molecular weight is 171 g/mol. The third kappa shape index (κ3) is 8.06. The summed E-state index contributed by atoms with van der Waals surface area (Å²) >= 11 is 0. The highest BCUT2D eigenvalue weighted by molar-refractivity contribution is 4.59. The maximum atomic E-state index is 3.45. The summed E-state index contributed by atoms with van der Waals surface area (Å²) in [7, 11) is 0. The van der Waals surface area contributed by atoms with Crippen LogP contribution in [0.1, 0.15) is 47.5 Å². The predicted octanol–water partition coefficient (Wildman–Crippen LogP) is 3.06. The lowest BCUT2D eigenvalue weighted by Crippen LogP contribution is -2.25. The van der Waals surface area contributed by atoms with Crippen LogP contribution in [-0.4, -0.2) is 12.6 Å². The van der Waals surface area contributed by atoms with Crippen LogP contribution in [0.25, 0.3) is 0 Å². The molecule has 0 amide bonds. The summed E-state index contributed by atoms with van der Waals surface area (Å²) in [6, 6.07) is 0.635. The second kappa shape index (κ2) is 6.47. The minimum Gasteiger partial charge on any atom is -0.315 e. The number of hydrogen-bond donors (Lipinski definition) is 1. The molecule has 1 N–H and O–H groups in total. The summed E-state index contributed by atoms with van der Waals surface area (Å²) in [5.41, 5.74) is 0. The molecule has 12 heavy (non-hydrogen) atoms. The Balaban J connectivity index is 3.25. The van der Waals surface area contributed by atoms with E-state index in [9.17, 15) is 0 Å². The van der Waals surface area contributed by atoms with Crippen LogP contribution in [-0.2, 0) is 0 Å². The largest absolute Gasteiger partial charge is 0.315 e. The lowest BCUT2D eigenvalue weighted by atomic mass is 9.96. The van der Waals surface area contributed by atoms with Gasteiger partial charge in [-0.15, -0.1) is 0 Å². The van der Waals surface area contributed by atoms with Gasteiger partial charge < -0.3 is 5.32 Å². The molecular weight excluding hydrogens is 146 g/mol. The van der Waals surface area contributed by atoms with Crippen molar-refractivity contribution in [3.63, 3.8) is 0 Å². The van der Waals surface area contributed by atoms with Gasteiger partial charge in [-0.05, 0) is 31.2 Å². The molecule has 0 unspecified atom stereocenters. The van der Waals surface area contributed by atoms with Gasteiger partial charge in [-0.1, -0.05) is 34.6 Å². The highest BCUT2D eigenvalue weighted by atomic mass is 14.9. The fourth-order valence-electron chi connectivity index (χ4n) is 1.54. The Morgan fingerprint density at radius 3 is 2.00 bits per heavy atom. The van der Waals surface area contributed by atoms with Crippen LogP contribution in [0.4, 0.5) is 0 Å². The van der Waals surface area contributed by atoms with E-state index in [0.29, 0.717) is 6.04 Å². The molecule has 0 radical (unpaired) electrons. The van der Waals surface area contributed by atoms with Crippen molar-refractivity contribution in [3.8, 4) is 0 Å². The predicted molar refractivity (Wildman–Crippen MR) is 56.4 cm³/mol. The van der Waals surface area contributed by atoms with Crippen molar-refractivity contribution in [2.75, 3.05) is 6.54 Å². The minimum absolute atomic E-state index is 0.635. The number of hydrogen-bond acceptors (Lipinski definition) is 1. The zero-order chi connectivity index (χ0) is 9.56. The maximum Gasteiger partial charge on any atom is 0.00103 e. The fourth-order valence-corrected chi connectivity index (χ4v) is 1.54. The lowest BCUT2D eigenvalue weighted by Gasteiger charge is -2.15. The van der Waals surface area contributed by atoms with Gasteiger partial charge in [-0.2, -0.15) is 0 Å². The Morgan fingerprint density at radius 2 is 1.58 bits per heavy atom. The summed E-state index contributed by atoms with van der Waals surface area (Å²) in [6.45, 7) is 12.5. The minimum atomic E-state index is 0.635. The second-order valence-electron chi connectivity index (χ2n) is 4.63. The SMILES string of the molecule is CC(C)C[C@H](C)CCNC(C)C. The molecule has 1 heteroatoms. The third-order valence-corrected chi connectivity index (χ3v) is 2.06. The molecule has 0 saturated carbocycles. The zero-order valence-corrected chi connectivity index (χ0v) is 9.35. The van der Waals surface area contributed by atoms with E-state index in [2.05, 4.69) is 39.9 Å². The van der Waals surface area contributed by atoms with Crippen molar-refractivity contribution in [3.05, 3.63) is 0 Å². The zero-order valence-electron chi connectivity index (χ0n) is 9.35. The monoisotopic (exact) mass is 171 g/mol. The van der Waals surface area contributed by atoms with E-state index in [1.165, 1.54) is 19.4 Å². The summed E-state index contributed by atoms with van der Waals surface area (Å²) in [5.74, 6) is 1.72. The Kier molecular flexibility index (Phi) is 6.45. The van der Waals surface area contributed by atoms with E-state index in [1.54, 1.807) is 0 Å². The lowest BCUT2D eigenvalue weighted by molar-refractivity contribution is 0.399. The van der Waals surface area contributed by atoms with E-state index < -0.39 is 0 Å². The molecule has 0 aromatic heterocycles. The van der Waals surface area contributed by atoms with Crippen LogP contribution in [0.3, 0.4) is 0 Å². The topological polar surface area (TPSA) is 12.0 Å². The van der Waals surface area contributed by atoms with Crippen molar-refractivity contribution in [2.45, 2.75) is 53.5 Å². The molecule has 0 aromatic rings. The van der Waals surface area contributed by atoms with Crippen LogP contribution in [0, 0.1) is 11.8 Å². The molecule has 0 rings (SSSR count). The van der Waals surface area contributed by atoms with Gasteiger partial charge in [0.05, 0.1) is 0 Å². The highest BCUT2D eigenvalue weighted by Gasteiger charge is 2.04. The van der Waals surface area contributed by atoms with E-state index in [1.807, 2.05) is 0 Å². The van der Waals surface area contributed by atoms with Crippen LogP contribution in [0.5, 0.6) is 0 Å². The molecule has 0 aliphatic rings. The van der Waals surface area contributed by atoms with E-state index in [-0.39, 0.29) is 0 Å². The molecule has 0 saturated heterocycles. The first kappa shape index (κ1) is 12.0. The molecule has 1 nitrogen and oxygen atoms in total. The normalized spacial score (nSPS) is 14.2. The number of rotatable bonds is 6. The van der Waals surface area contributed by atoms with Gasteiger partial charge >= 0.3 is 0 Å². The molecule has 0 aliphatic carbocycles. The average Bonchev–Trinajstić information content (AvgIpc) is 1.84. The van der Waals surface area contributed by atoms with Gasteiger partial charge in [0.15, 0.2) is 0 Å². The summed E-state index contributed by atoms with van der Waals surface area (Å²) < 4.78 is 0.